The van der Waals surface area contributed by atoms with Crippen LogP contribution in [0.25, 0.3) is 0 Å². The van der Waals surface area contributed by atoms with Crippen LogP contribution in [0.2, 0.25) is 0 Å². The largest absolute Gasteiger partial charge is 0.376 e. The minimum atomic E-state index is -0.424. The van der Waals surface area contributed by atoms with Gasteiger partial charge in [0.15, 0.2) is 25.2 Å². The van der Waals surface area contributed by atoms with E-state index in [1.165, 1.54) is 0 Å². The molecule has 0 aromatic heterocycles. The Kier molecular flexibility index (Phi) is 42.6. The summed E-state index contributed by atoms with van der Waals surface area (Å²) in [7, 11) is 0. The van der Waals surface area contributed by atoms with Gasteiger partial charge in [-0.2, -0.15) is 0 Å². The fourth-order valence-electron chi connectivity index (χ4n) is 9.71. The average molecular weight is 1270 g/mol. The molecule has 6 unspecified atom stereocenters. The second-order valence-electron chi connectivity index (χ2n) is 27.6. The standard InChI is InChI=1S/4C17H34O5/c4*1-10(2)18-9-14-15(19-11(3)4)16(20-12(5)6)17(22-14)21-13(7)8/h4*10-17H,9H2,1-8H3/t14-,15+,16-,17?;14-,15-,16+,17?;14-,15-,16-,17-;/m111./s1. The third kappa shape index (κ3) is 35.1. The van der Waals surface area contributed by atoms with Crippen molar-refractivity contribution in [1.29, 1.82) is 0 Å². The zero-order valence-corrected chi connectivity index (χ0v) is 61.5. The maximum absolute atomic E-state index is 6.07. The molecule has 88 heavy (non-hydrogen) atoms. The van der Waals surface area contributed by atoms with E-state index in [0.29, 0.717) is 26.4 Å². The summed E-state index contributed by atoms with van der Waals surface area (Å²) in [5, 5.41) is 0. The highest BCUT2D eigenvalue weighted by Crippen LogP contribution is 2.35. The molecule has 4 aliphatic rings. The minimum absolute atomic E-state index is 0.0627. The van der Waals surface area contributed by atoms with Gasteiger partial charge in [-0.05, 0) is 222 Å². The van der Waals surface area contributed by atoms with Gasteiger partial charge in [-0.1, -0.05) is 0 Å². The lowest BCUT2D eigenvalue weighted by Gasteiger charge is -2.28. The highest BCUT2D eigenvalue weighted by molar-refractivity contribution is 4.94. The van der Waals surface area contributed by atoms with E-state index < -0.39 is 25.2 Å². The first-order chi connectivity index (χ1) is 40.8. The Morgan fingerprint density at radius 2 is 0.295 bits per heavy atom. The number of rotatable bonds is 36. The molecule has 16 atom stereocenters. The van der Waals surface area contributed by atoms with Gasteiger partial charge in [-0.25, -0.2) is 0 Å². The number of hydrogen-bond donors (Lipinski definition) is 0. The Hall–Kier alpha value is -0.800. The molecule has 0 bridgehead atoms. The highest BCUT2D eigenvalue weighted by atomic mass is 16.8. The molecule has 0 saturated carbocycles. The molecule has 0 aromatic carbocycles. The van der Waals surface area contributed by atoms with Gasteiger partial charge in [-0.3, -0.25) is 0 Å². The van der Waals surface area contributed by atoms with Crippen molar-refractivity contribution in [3.63, 3.8) is 0 Å². The lowest BCUT2D eigenvalue weighted by Crippen LogP contribution is -2.42. The van der Waals surface area contributed by atoms with Crippen LogP contribution >= 0.6 is 0 Å². The van der Waals surface area contributed by atoms with Gasteiger partial charge >= 0.3 is 0 Å². The average Bonchev–Trinajstić information content (AvgIpc) is 3.61. The van der Waals surface area contributed by atoms with Crippen molar-refractivity contribution in [2.24, 2.45) is 0 Å². The van der Waals surface area contributed by atoms with Crippen molar-refractivity contribution in [2.75, 3.05) is 26.4 Å². The van der Waals surface area contributed by atoms with Crippen LogP contribution in [0, 0.1) is 0 Å². The van der Waals surface area contributed by atoms with Crippen LogP contribution in [-0.4, -0.2) is 222 Å². The molecule has 4 saturated heterocycles. The van der Waals surface area contributed by atoms with E-state index >= 15 is 0 Å². The van der Waals surface area contributed by atoms with E-state index in [9.17, 15) is 0 Å². The van der Waals surface area contributed by atoms with Crippen LogP contribution in [0.3, 0.4) is 0 Å². The molecule has 0 aromatic rings. The summed E-state index contributed by atoms with van der Waals surface area (Å²) in [6.45, 7) is 66.2. The Morgan fingerprint density at radius 3 is 0.409 bits per heavy atom. The smallest absolute Gasteiger partial charge is 0.187 e. The summed E-state index contributed by atoms with van der Waals surface area (Å²) in [6, 6.07) is 0. The Balaban J connectivity index is 0.000000587. The van der Waals surface area contributed by atoms with Crippen molar-refractivity contribution >= 4 is 0 Å². The third-order valence-electron chi connectivity index (χ3n) is 12.5. The lowest BCUT2D eigenvalue weighted by molar-refractivity contribution is -0.205. The molecule has 20 nitrogen and oxygen atoms in total. The maximum atomic E-state index is 6.07. The van der Waals surface area contributed by atoms with Crippen LogP contribution in [0.4, 0.5) is 0 Å². The van der Waals surface area contributed by atoms with Crippen molar-refractivity contribution in [2.45, 2.75) is 418 Å². The molecule has 4 fully saturated rings. The first-order valence-electron chi connectivity index (χ1n) is 33.7. The predicted octanol–water partition coefficient (Wildman–Crippen LogP) is 12.6. The quantitative estimate of drug-likeness (QED) is 0.0576. The zero-order chi connectivity index (χ0) is 67.4. The summed E-state index contributed by atoms with van der Waals surface area (Å²) in [5.41, 5.74) is 0. The third-order valence-corrected chi connectivity index (χ3v) is 12.5. The molecule has 0 spiro atoms. The van der Waals surface area contributed by atoms with Gasteiger partial charge in [0.25, 0.3) is 0 Å². The molecule has 0 radical (unpaired) electrons. The van der Waals surface area contributed by atoms with Gasteiger partial charge in [0, 0.05) is 0 Å². The minimum Gasteiger partial charge on any atom is -0.376 e. The summed E-state index contributed by atoms with van der Waals surface area (Å²) >= 11 is 0. The monoisotopic (exact) mass is 1270 g/mol. The van der Waals surface area contributed by atoms with E-state index in [2.05, 4.69) is 0 Å². The van der Waals surface area contributed by atoms with Gasteiger partial charge in [-0.15, -0.1) is 0 Å². The molecule has 0 N–H and O–H groups in total. The van der Waals surface area contributed by atoms with E-state index in [4.69, 9.17) is 94.7 Å². The van der Waals surface area contributed by atoms with Crippen molar-refractivity contribution in [3.05, 3.63) is 0 Å². The summed E-state index contributed by atoms with van der Waals surface area (Å²) in [4.78, 5) is 0. The molecule has 0 aliphatic carbocycles. The topological polar surface area (TPSA) is 185 Å². The van der Waals surface area contributed by atoms with Gasteiger partial charge in [0.05, 0.1) is 124 Å². The summed E-state index contributed by atoms with van der Waals surface area (Å²) in [5.74, 6) is 0. The van der Waals surface area contributed by atoms with Crippen LogP contribution in [0.15, 0.2) is 0 Å². The molecule has 528 valence electrons. The van der Waals surface area contributed by atoms with Crippen LogP contribution in [0.1, 0.15) is 222 Å². The van der Waals surface area contributed by atoms with Crippen LogP contribution in [-0.2, 0) is 94.7 Å². The number of hydrogen-bond acceptors (Lipinski definition) is 20. The van der Waals surface area contributed by atoms with Crippen molar-refractivity contribution < 1.29 is 94.7 Å². The van der Waals surface area contributed by atoms with E-state index in [0.717, 1.165) is 0 Å². The first kappa shape index (κ1) is 85.2. The second-order valence-corrected chi connectivity index (χ2v) is 27.6. The van der Waals surface area contributed by atoms with Crippen molar-refractivity contribution in [3.8, 4) is 0 Å². The fourth-order valence-corrected chi connectivity index (χ4v) is 9.71. The van der Waals surface area contributed by atoms with Gasteiger partial charge in [0.2, 0.25) is 0 Å². The zero-order valence-electron chi connectivity index (χ0n) is 61.5. The summed E-state index contributed by atoms with van der Waals surface area (Å²) < 4.78 is 119. The predicted molar refractivity (Wildman–Crippen MR) is 344 cm³/mol. The Bertz CT molecular complexity index is 1450. The second kappa shape index (κ2) is 44.0. The fraction of sp³-hybridized carbons (Fsp3) is 1.00. The highest BCUT2D eigenvalue weighted by Gasteiger charge is 2.52. The lowest BCUT2D eigenvalue weighted by atomic mass is 10.1. The molecule has 4 heterocycles. The summed E-state index contributed by atoms with van der Waals surface area (Å²) in [6.07, 6.45) is -2.64. The SMILES string of the molecule is CC(C)OCC1OC(OC(C)C)C(OC(C)C)C1OC(C)C.CC(C)OC[C@H]1OC(OC(C)C)[C@@H](OC(C)C)[C@@H]1OC(C)C.CC(C)OC[C@H]1OC(OC(C)C)[C@H](OC(C)C)[C@H]1OC(C)C.CC(C)OC[C@H]1O[C@@H](OC(C)C)[C@H](OC(C)C)[C@@H]1OC(C)C. The van der Waals surface area contributed by atoms with Crippen LogP contribution < -0.4 is 0 Å². The molecule has 0 amide bonds. The van der Waals surface area contributed by atoms with E-state index in [1.54, 1.807) is 0 Å². The molecular formula is C68H136O20. The molecule has 20 heteroatoms. The molecular weight excluding hydrogens is 1140 g/mol. The normalized spacial score (nSPS) is 29.5. The molecule has 4 aliphatic heterocycles. The molecule has 4 rings (SSSR count). The van der Waals surface area contributed by atoms with E-state index in [-0.39, 0.29) is 171 Å². The Morgan fingerprint density at radius 1 is 0.170 bits per heavy atom. The Labute approximate surface area is 536 Å². The van der Waals surface area contributed by atoms with Gasteiger partial charge in [0.1, 0.15) is 73.2 Å². The van der Waals surface area contributed by atoms with Gasteiger partial charge < -0.3 is 94.7 Å². The maximum Gasteiger partial charge on any atom is 0.187 e. The number of ether oxygens (including phenoxy) is 20. The van der Waals surface area contributed by atoms with Crippen LogP contribution in [0.5, 0.6) is 0 Å². The van der Waals surface area contributed by atoms with E-state index in [1.807, 2.05) is 222 Å². The van der Waals surface area contributed by atoms with Crippen molar-refractivity contribution in [1.82, 2.24) is 0 Å². The first-order valence-corrected chi connectivity index (χ1v) is 33.7.